The van der Waals surface area contributed by atoms with Gasteiger partial charge in [0.25, 0.3) is 5.56 Å². The van der Waals surface area contributed by atoms with Crippen molar-refractivity contribution in [1.82, 2.24) is 4.57 Å². The molecule has 1 aromatic carbocycles. The highest BCUT2D eigenvalue weighted by Crippen LogP contribution is 2.28. The summed E-state index contributed by atoms with van der Waals surface area (Å²) in [6.07, 6.45) is 9.21. The fraction of sp³-hybridized carbons (Fsp3) is 0.600. The molecule has 0 aliphatic rings. The van der Waals surface area contributed by atoms with Gasteiger partial charge in [0.15, 0.2) is 5.69 Å². The van der Waals surface area contributed by atoms with E-state index in [2.05, 4.69) is 37.9 Å². The molecule has 1 N–H and O–H groups in total. The van der Waals surface area contributed by atoms with Crippen LogP contribution in [0.3, 0.4) is 0 Å². The predicted octanol–water partition coefficient (Wildman–Crippen LogP) is 8.70. The third-order valence-electron chi connectivity index (χ3n) is 8.20. The summed E-state index contributed by atoms with van der Waals surface area (Å²) >= 11 is 0. The number of azo groups is 1. The highest BCUT2D eigenvalue weighted by Gasteiger charge is 2.23. The molecule has 2 atom stereocenters. The lowest BCUT2D eigenvalue weighted by Gasteiger charge is -2.17. The molecule has 1 heterocycles. The molecule has 246 valence electrons. The zero-order valence-electron chi connectivity index (χ0n) is 27.9. The van der Waals surface area contributed by atoms with Gasteiger partial charge < -0.3 is 14.6 Å². The van der Waals surface area contributed by atoms with Gasteiger partial charge in [0.1, 0.15) is 11.6 Å². The zero-order chi connectivity index (χ0) is 33.4. The molecule has 1 aromatic heterocycles. The molecule has 2 unspecified atom stereocenters. The summed E-state index contributed by atoms with van der Waals surface area (Å²) in [6, 6.07) is 6.31. The third-order valence-corrected chi connectivity index (χ3v) is 8.20. The van der Waals surface area contributed by atoms with Crippen molar-refractivity contribution in [3.8, 4) is 11.9 Å². The number of aromatic hydroxyl groups is 1. The summed E-state index contributed by atoms with van der Waals surface area (Å²) < 4.78 is 12.5. The van der Waals surface area contributed by atoms with Crippen molar-refractivity contribution in [2.24, 2.45) is 22.1 Å². The van der Waals surface area contributed by atoms with E-state index in [4.69, 9.17) is 9.47 Å². The molecule has 0 spiro atoms. The summed E-state index contributed by atoms with van der Waals surface area (Å²) in [4.78, 5) is 39.8. The van der Waals surface area contributed by atoms with Crippen molar-refractivity contribution in [3.63, 3.8) is 0 Å². The zero-order valence-corrected chi connectivity index (χ0v) is 27.9. The predicted molar refractivity (Wildman–Crippen MR) is 175 cm³/mol. The first-order chi connectivity index (χ1) is 21.7. The van der Waals surface area contributed by atoms with Crippen LogP contribution in [0.15, 0.2) is 33.2 Å². The SMILES string of the molecule is CCCCC(CC)COC(=O)c1ccc(N=Nc2c(C)c(C#N)c(O)n(CCCC)c2=O)cc1C(=O)OCC(CC)CCCC. The number of rotatable bonds is 19. The summed E-state index contributed by atoms with van der Waals surface area (Å²) in [5.41, 5.74) is -0.247. The van der Waals surface area contributed by atoms with Gasteiger partial charge in [-0.25, -0.2) is 9.59 Å². The second kappa shape index (κ2) is 19.4. The number of nitriles is 1. The van der Waals surface area contributed by atoms with E-state index in [0.29, 0.717) is 6.42 Å². The third kappa shape index (κ3) is 10.5. The Morgan fingerprint density at radius 2 is 1.44 bits per heavy atom. The number of ether oxygens (including phenoxy) is 2. The van der Waals surface area contributed by atoms with Gasteiger partial charge in [0, 0.05) is 12.1 Å². The molecule has 0 saturated heterocycles. The van der Waals surface area contributed by atoms with Crippen molar-refractivity contribution in [2.75, 3.05) is 13.2 Å². The van der Waals surface area contributed by atoms with Gasteiger partial charge in [0.05, 0.1) is 30.0 Å². The topological polar surface area (TPSA) is 143 Å². The fourth-order valence-corrected chi connectivity index (χ4v) is 4.97. The van der Waals surface area contributed by atoms with Gasteiger partial charge >= 0.3 is 11.9 Å². The molecule has 0 fully saturated rings. The number of benzene rings is 1. The summed E-state index contributed by atoms with van der Waals surface area (Å²) in [7, 11) is 0. The van der Waals surface area contributed by atoms with Crippen molar-refractivity contribution in [2.45, 2.75) is 112 Å². The minimum atomic E-state index is -0.665. The van der Waals surface area contributed by atoms with Gasteiger partial charge in [0.2, 0.25) is 5.88 Å². The lowest BCUT2D eigenvalue weighted by Crippen LogP contribution is -2.22. The molecule has 0 aliphatic heterocycles. The van der Waals surface area contributed by atoms with Crippen LogP contribution in [0, 0.1) is 30.1 Å². The van der Waals surface area contributed by atoms with Crippen LogP contribution < -0.4 is 5.56 Å². The Bertz CT molecular complexity index is 1410. The van der Waals surface area contributed by atoms with E-state index in [1.807, 2.05) is 13.0 Å². The van der Waals surface area contributed by atoms with E-state index in [-0.39, 0.29) is 65.2 Å². The van der Waals surface area contributed by atoms with E-state index in [1.54, 1.807) is 0 Å². The first kappa shape index (κ1) is 37.2. The Balaban J connectivity index is 2.49. The lowest BCUT2D eigenvalue weighted by molar-refractivity contribution is 0.0381. The first-order valence-corrected chi connectivity index (χ1v) is 16.4. The molecule has 0 aliphatic carbocycles. The highest BCUT2D eigenvalue weighted by molar-refractivity contribution is 6.03. The smallest absolute Gasteiger partial charge is 0.339 e. The van der Waals surface area contributed by atoms with Gasteiger partial charge in [-0.15, -0.1) is 5.11 Å². The summed E-state index contributed by atoms with van der Waals surface area (Å²) in [5.74, 6) is -1.25. The number of aromatic nitrogens is 1. The monoisotopic (exact) mass is 622 g/mol. The second-order valence-corrected chi connectivity index (χ2v) is 11.6. The van der Waals surface area contributed by atoms with Crippen LogP contribution in [-0.4, -0.2) is 34.8 Å². The number of unbranched alkanes of at least 4 members (excludes halogenated alkanes) is 3. The standard InChI is InChI=1S/C35H50N4O6/c1-7-12-15-25(10-4)22-44-34(42)28-18-17-27(20-29(28)35(43)45-23-26(11-5)16-13-8-2)37-38-31-24(6)30(21-36)32(40)39(33(31)41)19-14-9-3/h17-18,20,25-26,40H,7-16,19,22-23H2,1-6H3. The number of esters is 2. The Hall–Kier alpha value is -4.00. The molecule has 2 aromatic rings. The van der Waals surface area contributed by atoms with E-state index in [1.165, 1.54) is 25.1 Å². The Morgan fingerprint density at radius 1 is 0.889 bits per heavy atom. The fourth-order valence-electron chi connectivity index (χ4n) is 4.97. The number of hydrogen-bond donors (Lipinski definition) is 1. The summed E-state index contributed by atoms with van der Waals surface area (Å²) in [5, 5.41) is 28.5. The van der Waals surface area contributed by atoms with E-state index in [0.717, 1.165) is 62.4 Å². The van der Waals surface area contributed by atoms with Crippen LogP contribution >= 0.6 is 0 Å². The molecule has 45 heavy (non-hydrogen) atoms. The lowest BCUT2D eigenvalue weighted by atomic mass is 10.0. The minimum Gasteiger partial charge on any atom is -0.493 e. The van der Waals surface area contributed by atoms with Gasteiger partial charge in [-0.1, -0.05) is 79.6 Å². The van der Waals surface area contributed by atoms with Crippen LogP contribution in [0.2, 0.25) is 0 Å². The molecule has 0 bridgehead atoms. The van der Waals surface area contributed by atoms with Crippen LogP contribution in [0.4, 0.5) is 11.4 Å². The van der Waals surface area contributed by atoms with Crippen LogP contribution in [0.1, 0.15) is 131 Å². The number of pyridine rings is 1. The molecule has 2 rings (SSSR count). The second-order valence-electron chi connectivity index (χ2n) is 11.6. The number of nitrogens with zero attached hydrogens (tertiary/aromatic N) is 4. The Labute approximate surface area is 267 Å². The molecule has 0 radical (unpaired) electrons. The van der Waals surface area contributed by atoms with Gasteiger partial charge in [-0.2, -0.15) is 10.4 Å². The molecular weight excluding hydrogens is 572 g/mol. The Kier molecular flexibility index (Phi) is 16.0. The quantitative estimate of drug-likeness (QED) is 0.122. The Morgan fingerprint density at radius 3 is 1.96 bits per heavy atom. The normalized spacial score (nSPS) is 12.6. The number of hydrogen-bond acceptors (Lipinski definition) is 9. The summed E-state index contributed by atoms with van der Waals surface area (Å²) in [6.45, 7) is 12.5. The van der Waals surface area contributed by atoms with Crippen LogP contribution in [0.25, 0.3) is 0 Å². The maximum atomic E-state index is 13.4. The van der Waals surface area contributed by atoms with E-state index in [9.17, 15) is 24.8 Å². The van der Waals surface area contributed by atoms with Crippen LogP contribution in [-0.2, 0) is 16.0 Å². The molecular formula is C35H50N4O6. The van der Waals surface area contributed by atoms with Gasteiger partial charge in [-0.3, -0.25) is 9.36 Å². The maximum Gasteiger partial charge on any atom is 0.339 e. The van der Waals surface area contributed by atoms with Crippen molar-refractivity contribution >= 4 is 23.3 Å². The number of carbonyl (C=O) groups is 2. The van der Waals surface area contributed by atoms with E-state index < -0.39 is 23.4 Å². The van der Waals surface area contributed by atoms with Crippen molar-refractivity contribution in [1.29, 1.82) is 5.26 Å². The first-order valence-electron chi connectivity index (χ1n) is 16.4. The largest absolute Gasteiger partial charge is 0.493 e. The van der Waals surface area contributed by atoms with Crippen LogP contribution in [0.5, 0.6) is 5.88 Å². The maximum absolute atomic E-state index is 13.4. The van der Waals surface area contributed by atoms with E-state index >= 15 is 0 Å². The molecule has 0 amide bonds. The average molecular weight is 623 g/mol. The average Bonchev–Trinajstić information content (AvgIpc) is 3.04. The molecule has 0 saturated carbocycles. The molecule has 10 nitrogen and oxygen atoms in total. The van der Waals surface area contributed by atoms with Crippen molar-refractivity contribution < 1.29 is 24.2 Å². The molecule has 10 heteroatoms. The number of carbonyl (C=O) groups excluding carboxylic acids is 2. The minimum absolute atomic E-state index is 0.00361. The van der Waals surface area contributed by atoms with Crippen molar-refractivity contribution in [3.05, 3.63) is 50.8 Å². The van der Waals surface area contributed by atoms with Gasteiger partial charge in [-0.05, 0) is 56.2 Å². The highest BCUT2D eigenvalue weighted by atomic mass is 16.5.